The molecule has 0 amide bonds. The molecule has 14 heavy (non-hydrogen) atoms. The van der Waals surface area contributed by atoms with Crippen LogP contribution in [0.2, 0.25) is 0 Å². The number of nitriles is 1. The predicted molar refractivity (Wildman–Crippen MR) is 58.9 cm³/mol. The second-order valence-corrected chi connectivity index (χ2v) is 3.41. The van der Waals surface area contributed by atoms with Crippen LogP contribution in [0.3, 0.4) is 0 Å². The van der Waals surface area contributed by atoms with Crippen LogP contribution in [-0.4, -0.2) is 13.2 Å². The molecule has 0 atom stereocenters. The number of nitrogens with zero attached hydrogens (tertiary/aromatic N) is 1. The third kappa shape index (κ3) is 11.2. The molecule has 0 aliphatic carbocycles. The van der Waals surface area contributed by atoms with Crippen LogP contribution in [0.1, 0.15) is 44.9 Å². The van der Waals surface area contributed by atoms with Crippen molar-refractivity contribution in [1.82, 2.24) is 0 Å². The molecule has 0 aromatic carbocycles. The number of unbranched alkanes of at least 4 members (excludes halogenated alkanes) is 6. The first-order valence-electron chi connectivity index (χ1n) is 5.47. The number of ether oxygens (including phenoxy) is 1. The number of allylic oxidation sites excluding steroid dienone is 1. The summed E-state index contributed by atoms with van der Waals surface area (Å²) in [4.78, 5) is 0. The maximum atomic E-state index is 8.21. The largest absolute Gasteiger partial charge is 0.367 e. The topological polar surface area (TPSA) is 33.0 Å². The van der Waals surface area contributed by atoms with E-state index in [0.29, 0.717) is 0 Å². The van der Waals surface area contributed by atoms with Crippen LogP contribution >= 0.6 is 0 Å². The van der Waals surface area contributed by atoms with Crippen LogP contribution in [0.4, 0.5) is 0 Å². The van der Waals surface area contributed by atoms with E-state index in [1.165, 1.54) is 32.1 Å². The maximum absolute atomic E-state index is 8.21. The zero-order chi connectivity index (χ0) is 10.5. The standard InChI is InChI=1S/C12H21NO/c1-2-3-4-5-6-7-8-9-11-14-12-10-13/h2H,1,3-9,11-12H2. The summed E-state index contributed by atoms with van der Waals surface area (Å²) >= 11 is 0. The highest BCUT2D eigenvalue weighted by Crippen LogP contribution is 2.07. The summed E-state index contributed by atoms with van der Waals surface area (Å²) in [5.41, 5.74) is 0. The van der Waals surface area contributed by atoms with Crippen molar-refractivity contribution < 1.29 is 4.74 Å². The Morgan fingerprint density at radius 2 is 1.71 bits per heavy atom. The van der Waals surface area contributed by atoms with Crippen molar-refractivity contribution in [2.75, 3.05) is 13.2 Å². The van der Waals surface area contributed by atoms with E-state index >= 15 is 0 Å². The Balaban J connectivity index is 2.85. The number of rotatable bonds is 10. The average molecular weight is 195 g/mol. The summed E-state index contributed by atoms with van der Waals surface area (Å²) in [5.74, 6) is 0. The highest BCUT2D eigenvalue weighted by Gasteiger charge is 1.91. The number of hydrogen-bond donors (Lipinski definition) is 0. The molecule has 0 aromatic rings. The van der Waals surface area contributed by atoms with Gasteiger partial charge in [-0.15, -0.1) is 6.58 Å². The lowest BCUT2D eigenvalue weighted by molar-refractivity contribution is 0.160. The van der Waals surface area contributed by atoms with E-state index in [1.54, 1.807) is 0 Å². The Morgan fingerprint density at radius 1 is 1.07 bits per heavy atom. The summed E-state index contributed by atoms with van der Waals surface area (Å²) in [7, 11) is 0. The van der Waals surface area contributed by atoms with E-state index < -0.39 is 0 Å². The maximum Gasteiger partial charge on any atom is 0.133 e. The molecule has 2 nitrogen and oxygen atoms in total. The Labute approximate surface area is 87.6 Å². The average Bonchev–Trinajstić information content (AvgIpc) is 2.21. The van der Waals surface area contributed by atoms with Gasteiger partial charge < -0.3 is 4.74 Å². The minimum Gasteiger partial charge on any atom is -0.367 e. The lowest BCUT2D eigenvalue weighted by Crippen LogP contribution is -1.94. The Bertz CT molecular complexity index is 160. The van der Waals surface area contributed by atoms with Crippen molar-refractivity contribution in [2.24, 2.45) is 0 Å². The zero-order valence-corrected chi connectivity index (χ0v) is 9.00. The fourth-order valence-electron chi connectivity index (χ4n) is 1.32. The summed E-state index contributed by atoms with van der Waals surface area (Å²) in [6, 6.07) is 1.96. The first-order chi connectivity index (χ1) is 6.91. The molecule has 0 bridgehead atoms. The van der Waals surface area contributed by atoms with Crippen LogP contribution in [0.5, 0.6) is 0 Å². The van der Waals surface area contributed by atoms with Crippen molar-refractivity contribution in [3.05, 3.63) is 12.7 Å². The monoisotopic (exact) mass is 195 g/mol. The van der Waals surface area contributed by atoms with Gasteiger partial charge in [0.25, 0.3) is 0 Å². The van der Waals surface area contributed by atoms with Crippen molar-refractivity contribution in [3.63, 3.8) is 0 Å². The Kier molecular flexibility index (Phi) is 11.5. The molecule has 0 aliphatic rings. The quantitative estimate of drug-likeness (QED) is 0.395. The van der Waals surface area contributed by atoms with Gasteiger partial charge in [-0.05, 0) is 19.3 Å². The van der Waals surface area contributed by atoms with Crippen LogP contribution < -0.4 is 0 Å². The van der Waals surface area contributed by atoms with Gasteiger partial charge in [0.05, 0.1) is 6.07 Å². The molecule has 0 aromatic heterocycles. The van der Waals surface area contributed by atoms with Gasteiger partial charge in [-0.25, -0.2) is 0 Å². The van der Waals surface area contributed by atoms with Gasteiger partial charge in [-0.2, -0.15) is 5.26 Å². The van der Waals surface area contributed by atoms with Crippen molar-refractivity contribution in [3.8, 4) is 6.07 Å². The van der Waals surface area contributed by atoms with E-state index in [1.807, 2.05) is 12.1 Å². The molecule has 0 rings (SSSR count). The van der Waals surface area contributed by atoms with E-state index in [2.05, 4.69) is 6.58 Å². The van der Waals surface area contributed by atoms with Crippen molar-refractivity contribution in [1.29, 1.82) is 5.26 Å². The fourth-order valence-corrected chi connectivity index (χ4v) is 1.32. The molecule has 0 fully saturated rings. The minimum absolute atomic E-state index is 0.235. The molecular weight excluding hydrogens is 174 g/mol. The Morgan fingerprint density at radius 3 is 2.36 bits per heavy atom. The second-order valence-electron chi connectivity index (χ2n) is 3.41. The smallest absolute Gasteiger partial charge is 0.133 e. The predicted octanol–water partition coefficient (Wildman–Crippen LogP) is 3.44. The fraction of sp³-hybridized carbons (Fsp3) is 0.750. The lowest BCUT2D eigenvalue weighted by atomic mass is 10.1. The molecule has 0 spiro atoms. The van der Waals surface area contributed by atoms with Crippen molar-refractivity contribution in [2.45, 2.75) is 44.9 Å². The van der Waals surface area contributed by atoms with Gasteiger partial charge in [0.1, 0.15) is 6.61 Å². The van der Waals surface area contributed by atoms with Gasteiger partial charge in [-0.1, -0.05) is 31.8 Å². The van der Waals surface area contributed by atoms with Crippen LogP contribution in [-0.2, 0) is 4.74 Å². The zero-order valence-electron chi connectivity index (χ0n) is 9.00. The van der Waals surface area contributed by atoms with E-state index in [9.17, 15) is 0 Å². The van der Waals surface area contributed by atoms with Gasteiger partial charge in [0.15, 0.2) is 0 Å². The summed E-state index contributed by atoms with van der Waals surface area (Å²) in [5, 5.41) is 8.21. The van der Waals surface area contributed by atoms with Gasteiger partial charge in [0.2, 0.25) is 0 Å². The SMILES string of the molecule is C=CCCCCCCCCOCC#N. The van der Waals surface area contributed by atoms with Gasteiger partial charge in [-0.3, -0.25) is 0 Å². The van der Waals surface area contributed by atoms with Crippen molar-refractivity contribution >= 4 is 0 Å². The highest BCUT2D eigenvalue weighted by atomic mass is 16.5. The summed E-state index contributed by atoms with van der Waals surface area (Å²) < 4.78 is 5.05. The van der Waals surface area contributed by atoms with Gasteiger partial charge in [0, 0.05) is 6.61 Å². The van der Waals surface area contributed by atoms with E-state index in [4.69, 9.17) is 10.00 Å². The normalized spacial score (nSPS) is 9.64. The minimum atomic E-state index is 0.235. The van der Waals surface area contributed by atoms with E-state index in [-0.39, 0.29) is 6.61 Å². The summed E-state index contributed by atoms with van der Waals surface area (Å²) in [6.07, 6.45) is 10.6. The van der Waals surface area contributed by atoms with Crippen LogP contribution in [0, 0.1) is 11.3 Å². The molecule has 0 saturated carbocycles. The molecule has 0 heterocycles. The highest BCUT2D eigenvalue weighted by molar-refractivity contribution is 4.66. The molecular formula is C12H21NO. The molecule has 0 aliphatic heterocycles. The van der Waals surface area contributed by atoms with Crippen LogP contribution in [0.15, 0.2) is 12.7 Å². The molecule has 0 radical (unpaired) electrons. The third-order valence-electron chi connectivity index (χ3n) is 2.11. The molecule has 0 unspecified atom stereocenters. The molecule has 80 valence electrons. The third-order valence-corrected chi connectivity index (χ3v) is 2.11. The lowest BCUT2D eigenvalue weighted by Gasteiger charge is -2.00. The van der Waals surface area contributed by atoms with Gasteiger partial charge >= 0.3 is 0 Å². The number of hydrogen-bond acceptors (Lipinski definition) is 2. The first-order valence-corrected chi connectivity index (χ1v) is 5.47. The molecule has 2 heteroatoms. The Hall–Kier alpha value is -0.810. The van der Waals surface area contributed by atoms with Crippen LogP contribution in [0.25, 0.3) is 0 Å². The van der Waals surface area contributed by atoms with E-state index in [0.717, 1.165) is 19.4 Å². The second kappa shape index (κ2) is 12.2. The molecule has 0 N–H and O–H groups in total. The first kappa shape index (κ1) is 13.2. The summed E-state index contributed by atoms with van der Waals surface area (Å²) in [6.45, 7) is 4.67. The molecule has 0 saturated heterocycles.